The predicted molar refractivity (Wildman–Crippen MR) is 96.6 cm³/mol. The van der Waals surface area contributed by atoms with Crippen molar-refractivity contribution in [1.29, 1.82) is 5.26 Å². The minimum absolute atomic E-state index is 0.113. The first-order valence-electron chi connectivity index (χ1n) is 8.93. The van der Waals surface area contributed by atoms with Gasteiger partial charge in [-0.2, -0.15) is 9.94 Å². The molecule has 2 aromatic rings. The molecule has 1 saturated carbocycles. The summed E-state index contributed by atoms with van der Waals surface area (Å²) >= 11 is 0. The molecule has 136 valence electrons. The van der Waals surface area contributed by atoms with Gasteiger partial charge in [-0.3, -0.25) is 4.79 Å². The number of amides is 1. The van der Waals surface area contributed by atoms with E-state index in [4.69, 9.17) is 0 Å². The van der Waals surface area contributed by atoms with Gasteiger partial charge in [-0.15, -0.1) is 5.10 Å². The number of rotatable bonds is 5. The minimum Gasteiger partial charge on any atom is -0.376 e. The van der Waals surface area contributed by atoms with Crippen LogP contribution in [0.4, 0.5) is 5.69 Å². The van der Waals surface area contributed by atoms with E-state index in [0.29, 0.717) is 5.82 Å². The van der Waals surface area contributed by atoms with Crippen LogP contribution in [-0.2, 0) is 4.79 Å². The first kappa shape index (κ1) is 17.9. The third kappa shape index (κ3) is 4.17. The first-order chi connectivity index (χ1) is 12.6. The summed E-state index contributed by atoms with van der Waals surface area (Å²) in [5.74, 6) is 0.515. The fourth-order valence-corrected chi connectivity index (χ4v) is 3.31. The van der Waals surface area contributed by atoms with E-state index in [0.717, 1.165) is 49.9 Å². The number of hydrogen-bond acceptors (Lipinski definition) is 6. The molecule has 1 aliphatic carbocycles. The molecule has 1 heterocycles. The lowest BCUT2D eigenvalue weighted by Crippen LogP contribution is -2.48. The Labute approximate surface area is 152 Å². The number of anilines is 1. The van der Waals surface area contributed by atoms with Gasteiger partial charge in [0.05, 0.1) is 18.3 Å². The molecule has 0 aliphatic heterocycles. The van der Waals surface area contributed by atoms with Gasteiger partial charge in [-0.05, 0) is 48.4 Å². The van der Waals surface area contributed by atoms with Crippen LogP contribution in [0.15, 0.2) is 24.3 Å². The maximum atomic E-state index is 12.4. The molecule has 26 heavy (non-hydrogen) atoms. The Balaban J connectivity index is 1.61. The molecule has 0 saturated heterocycles. The minimum atomic E-state index is -0.722. The fourth-order valence-electron chi connectivity index (χ4n) is 3.31. The number of benzene rings is 1. The van der Waals surface area contributed by atoms with Gasteiger partial charge in [0.25, 0.3) is 0 Å². The molecular weight excluding hydrogens is 330 g/mol. The summed E-state index contributed by atoms with van der Waals surface area (Å²) in [5.41, 5.74) is 0.885. The SMILES string of the molecule is Cc1nnnn1-c1cccc(NCC(=O)NC2(C#N)CCCCCC2)c1. The van der Waals surface area contributed by atoms with Crippen LogP contribution in [0.2, 0.25) is 0 Å². The molecule has 0 atom stereocenters. The monoisotopic (exact) mass is 353 g/mol. The molecule has 1 amide bonds. The number of aromatic nitrogens is 4. The van der Waals surface area contributed by atoms with Crippen molar-refractivity contribution in [2.75, 3.05) is 11.9 Å². The summed E-state index contributed by atoms with van der Waals surface area (Å²) in [6.07, 6.45) is 5.66. The maximum absolute atomic E-state index is 12.4. The van der Waals surface area contributed by atoms with Crippen LogP contribution in [0, 0.1) is 18.3 Å². The van der Waals surface area contributed by atoms with Crippen LogP contribution in [0.5, 0.6) is 0 Å². The largest absolute Gasteiger partial charge is 0.376 e. The molecule has 0 unspecified atom stereocenters. The van der Waals surface area contributed by atoms with Gasteiger partial charge in [0.15, 0.2) is 5.82 Å². The van der Waals surface area contributed by atoms with Crippen molar-refractivity contribution in [3.05, 3.63) is 30.1 Å². The zero-order valence-electron chi connectivity index (χ0n) is 14.9. The predicted octanol–water partition coefficient (Wildman–Crippen LogP) is 2.12. The van der Waals surface area contributed by atoms with Gasteiger partial charge in [0.2, 0.25) is 5.91 Å². The first-order valence-corrected chi connectivity index (χ1v) is 8.93. The molecule has 1 aromatic heterocycles. The second-order valence-electron chi connectivity index (χ2n) is 6.70. The molecule has 1 fully saturated rings. The van der Waals surface area contributed by atoms with Crippen LogP contribution in [0.3, 0.4) is 0 Å². The zero-order chi connectivity index (χ0) is 18.4. The lowest BCUT2D eigenvalue weighted by atomic mass is 9.92. The molecule has 2 N–H and O–H groups in total. The standard InChI is InChI=1S/C18H23N7O/c1-14-22-23-24-25(14)16-8-6-7-15(11-16)20-12-17(26)21-18(13-19)9-4-2-3-5-10-18/h6-8,11,20H,2-5,9-10,12H2,1H3,(H,21,26). The van der Waals surface area contributed by atoms with E-state index in [-0.39, 0.29) is 12.5 Å². The van der Waals surface area contributed by atoms with E-state index >= 15 is 0 Å². The van der Waals surface area contributed by atoms with Gasteiger partial charge in [-0.25, -0.2) is 0 Å². The van der Waals surface area contributed by atoms with E-state index in [1.165, 1.54) is 0 Å². The molecule has 1 aliphatic rings. The van der Waals surface area contributed by atoms with Crippen molar-refractivity contribution >= 4 is 11.6 Å². The Morgan fingerprint density at radius 1 is 1.31 bits per heavy atom. The Morgan fingerprint density at radius 3 is 2.73 bits per heavy atom. The van der Waals surface area contributed by atoms with Crippen LogP contribution >= 0.6 is 0 Å². The summed E-state index contributed by atoms with van der Waals surface area (Å²) < 4.78 is 1.63. The number of aryl methyl sites for hydroxylation is 1. The van der Waals surface area contributed by atoms with Gasteiger partial charge in [0, 0.05) is 5.69 Å². The molecule has 8 nitrogen and oxygen atoms in total. The average Bonchev–Trinajstić information content (AvgIpc) is 2.95. The number of carbonyl (C=O) groups is 1. The highest BCUT2D eigenvalue weighted by atomic mass is 16.2. The van der Waals surface area contributed by atoms with Gasteiger partial charge in [0.1, 0.15) is 5.54 Å². The lowest BCUT2D eigenvalue weighted by Gasteiger charge is -2.26. The summed E-state index contributed by atoms with van der Waals surface area (Å²) in [6.45, 7) is 1.93. The second-order valence-corrected chi connectivity index (χ2v) is 6.70. The maximum Gasteiger partial charge on any atom is 0.240 e. The summed E-state index contributed by atoms with van der Waals surface area (Å²) in [5, 5.41) is 27.1. The van der Waals surface area contributed by atoms with Crippen LogP contribution < -0.4 is 10.6 Å². The highest BCUT2D eigenvalue weighted by Crippen LogP contribution is 2.26. The van der Waals surface area contributed by atoms with E-state index in [1.54, 1.807) is 4.68 Å². The number of tetrazole rings is 1. The molecule has 0 bridgehead atoms. The summed E-state index contributed by atoms with van der Waals surface area (Å²) in [7, 11) is 0. The number of nitrogens with one attached hydrogen (secondary N) is 2. The normalized spacial score (nSPS) is 16.3. The molecule has 1 aromatic carbocycles. The number of hydrogen-bond donors (Lipinski definition) is 2. The Kier molecular flexibility index (Phi) is 5.46. The Bertz CT molecular complexity index is 800. The highest BCUT2D eigenvalue weighted by Gasteiger charge is 2.32. The number of nitrogens with zero attached hydrogens (tertiary/aromatic N) is 5. The van der Waals surface area contributed by atoms with E-state index in [2.05, 4.69) is 32.2 Å². The highest BCUT2D eigenvalue weighted by molar-refractivity contribution is 5.82. The lowest BCUT2D eigenvalue weighted by molar-refractivity contribution is -0.120. The van der Waals surface area contributed by atoms with Crippen molar-refractivity contribution in [2.45, 2.75) is 51.0 Å². The van der Waals surface area contributed by atoms with E-state index < -0.39 is 5.54 Å². The van der Waals surface area contributed by atoms with Crippen LogP contribution in [-0.4, -0.2) is 38.2 Å². The quantitative estimate of drug-likeness (QED) is 0.797. The van der Waals surface area contributed by atoms with Crippen molar-refractivity contribution in [3.8, 4) is 11.8 Å². The summed E-state index contributed by atoms with van der Waals surface area (Å²) in [6, 6.07) is 9.86. The topological polar surface area (TPSA) is 109 Å². The van der Waals surface area contributed by atoms with E-state index in [9.17, 15) is 10.1 Å². The van der Waals surface area contributed by atoms with Crippen molar-refractivity contribution in [2.24, 2.45) is 0 Å². The van der Waals surface area contributed by atoms with Crippen molar-refractivity contribution in [3.63, 3.8) is 0 Å². The average molecular weight is 353 g/mol. The van der Waals surface area contributed by atoms with Crippen LogP contribution in [0.25, 0.3) is 5.69 Å². The zero-order valence-corrected chi connectivity index (χ0v) is 14.9. The molecule has 0 radical (unpaired) electrons. The summed E-state index contributed by atoms with van der Waals surface area (Å²) in [4.78, 5) is 12.4. The molecule has 8 heteroatoms. The Morgan fingerprint density at radius 2 is 2.08 bits per heavy atom. The third-order valence-corrected chi connectivity index (χ3v) is 4.72. The number of carbonyl (C=O) groups excluding carboxylic acids is 1. The number of nitriles is 1. The molecule has 3 rings (SSSR count). The van der Waals surface area contributed by atoms with Crippen molar-refractivity contribution in [1.82, 2.24) is 25.5 Å². The van der Waals surface area contributed by atoms with Crippen LogP contribution in [0.1, 0.15) is 44.3 Å². The molecular formula is C18H23N7O. The van der Waals surface area contributed by atoms with Gasteiger partial charge in [-0.1, -0.05) is 31.7 Å². The smallest absolute Gasteiger partial charge is 0.240 e. The van der Waals surface area contributed by atoms with Crippen molar-refractivity contribution < 1.29 is 4.79 Å². The Hall–Kier alpha value is -2.95. The molecule has 0 spiro atoms. The second kappa shape index (κ2) is 7.95. The fraction of sp³-hybridized carbons (Fsp3) is 0.500. The van der Waals surface area contributed by atoms with Gasteiger partial charge < -0.3 is 10.6 Å². The van der Waals surface area contributed by atoms with Gasteiger partial charge >= 0.3 is 0 Å². The third-order valence-electron chi connectivity index (χ3n) is 4.72. The van der Waals surface area contributed by atoms with E-state index in [1.807, 2.05) is 31.2 Å².